The molecule has 3 nitrogen and oxygen atoms in total. The average molecular weight is 250 g/mol. The van der Waals surface area contributed by atoms with E-state index in [1.807, 2.05) is 19.1 Å². The Bertz CT molecular complexity index is 307. The van der Waals surface area contributed by atoms with Crippen LogP contribution in [0.1, 0.15) is 22.2 Å². The summed E-state index contributed by atoms with van der Waals surface area (Å²) >= 11 is 1.64. The van der Waals surface area contributed by atoms with Crippen LogP contribution in [0.25, 0.3) is 0 Å². The molecule has 0 aliphatic rings. The van der Waals surface area contributed by atoms with Gasteiger partial charge in [-0.3, -0.25) is 11.3 Å². The highest BCUT2D eigenvalue weighted by atomic mass is 32.1. The molecule has 0 saturated carbocycles. The third kappa shape index (κ3) is 4.52. The lowest BCUT2D eigenvalue weighted by atomic mass is 10.2. The summed E-state index contributed by atoms with van der Waals surface area (Å²) < 4.78 is 28.4. The largest absolute Gasteiger partial charge is 0.375 e. The summed E-state index contributed by atoms with van der Waals surface area (Å²) in [6, 6.07) is 3.96. The van der Waals surface area contributed by atoms with Crippen LogP contribution in [0, 0.1) is 6.92 Å². The lowest BCUT2D eigenvalue weighted by Crippen LogP contribution is -2.28. The summed E-state index contributed by atoms with van der Waals surface area (Å²) in [7, 11) is 0. The first-order valence-corrected chi connectivity index (χ1v) is 5.83. The number of nitrogens with one attached hydrogen (secondary N) is 1. The highest BCUT2D eigenvalue weighted by Gasteiger charge is 2.12. The standard InChI is InChI=1S/C10H16F2N2OS/c1-7-2-3-9(16-7)8(14-13)4-5-15-6-10(11)12/h2-3,8,10,14H,4-6,13H2,1H3. The number of ether oxygens (including phenoxy) is 1. The van der Waals surface area contributed by atoms with Gasteiger partial charge >= 0.3 is 0 Å². The van der Waals surface area contributed by atoms with Gasteiger partial charge in [-0.05, 0) is 25.5 Å². The van der Waals surface area contributed by atoms with Crippen LogP contribution in [0.5, 0.6) is 0 Å². The zero-order valence-corrected chi connectivity index (χ0v) is 9.90. The van der Waals surface area contributed by atoms with E-state index in [1.54, 1.807) is 11.3 Å². The van der Waals surface area contributed by atoms with Crippen molar-refractivity contribution in [3.8, 4) is 0 Å². The molecule has 0 fully saturated rings. The van der Waals surface area contributed by atoms with Crippen molar-refractivity contribution in [1.82, 2.24) is 5.43 Å². The zero-order chi connectivity index (χ0) is 12.0. The van der Waals surface area contributed by atoms with Crippen molar-refractivity contribution < 1.29 is 13.5 Å². The number of alkyl halides is 2. The fraction of sp³-hybridized carbons (Fsp3) is 0.600. The van der Waals surface area contributed by atoms with Crippen LogP contribution in [0.15, 0.2) is 12.1 Å². The van der Waals surface area contributed by atoms with E-state index in [2.05, 4.69) is 5.43 Å². The van der Waals surface area contributed by atoms with E-state index in [0.717, 1.165) is 4.88 Å². The Balaban J connectivity index is 2.32. The molecule has 0 aromatic carbocycles. The van der Waals surface area contributed by atoms with Gasteiger partial charge in [-0.25, -0.2) is 8.78 Å². The molecular formula is C10H16F2N2OS. The summed E-state index contributed by atoms with van der Waals surface area (Å²) in [5, 5.41) is 0. The van der Waals surface area contributed by atoms with Gasteiger partial charge in [0, 0.05) is 16.4 Å². The maximum atomic E-state index is 11.8. The summed E-state index contributed by atoms with van der Waals surface area (Å²) in [5.74, 6) is 5.41. The van der Waals surface area contributed by atoms with E-state index in [-0.39, 0.29) is 12.6 Å². The second kappa shape index (κ2) is 6.90. The van der Waals surface area contributed by atoms with Crippen molar-refractivity contribution in [2.45, 2.75) is 25.8 Å². The Morgan fingerprint density at radius 1 is 1.50 bits per heavy atom. The molecule has 1 aromatic rings. The van der Waals surface area contributed by atoms with Crippen LogP contribution in [-0.2, 0) is 4.74 Å². The predicted molar refractivity (Wildman–Crippen MR) is 60.6 cm³/mol. The molecular weight excluding hydrogens is 234 g/mol. The van der Waals surface area contributed by atoms with Crippen LogP contribution in [0.3, 0.4) is 0 Å². The van der Waals surface area contributed by atoms with E-state index < -0.39 is 13.0 Å². The minimum atomic E-state index is -2.41. The first-order valence-electron chi connectivity index (χ1n) is 5.02. The van der Waals surface area contributed by atoms with Gasteiger partial charge in [-0.15, -0.1) is 11.3 Å². The summed E-state index contributed by atoms with van der Waals surface area (Å²) in [5.41, 5.74) is 2.66. The van der Waals surface area contributed by atoms with Crippen molar-refractivity contribution in [1.29, 1.82) is 0 Å². The number of hydrogen-bond acceptors (Lipinski definition) is 4. The molecule has 1 unspecified atom stereocenters. The van der Waals surface area contributed by atoms with Gasteiger partial charge in [0.1, 0.15) is 6.61 Å². The van der Waals surface area contributed by atoms with Gasteiger partial charge in [-0.1, -0.05) is 0 Å². The van der Waals surface area contributed by atoms with E-state index in [9.17, 15) is 8.78 Å². The number of aryl methyl sites for hydroxylation is 1. The molecule has 1 heterocycles. The summed E-state index contributed by atoms with van der Waals surface area (Å²) in [6.45, 7) is 1.77. The van der Waals surface area contributed by atoms with Crippen molar-refractivity contribution in [2.24, 2.45) is 5.84 Å². The van der Waals surface area contributed by atoms with Gasteiger partial charge in [0.25, 0.3) is 6.43 Å². The summed E-state index contributed by atoms with van der Waals surface area (Å²) in [4.78, 5) is 2.30. The van der Waals surface area contributed by atoms with Crippen LogP contribution in [0.2, 0.25) is 0 Å². The van der Waals surface area contributed by atoms with Crippen molar-refractivity contribution in [2.75, 3.05) is 13.2 Å². The normalized spacial score (nSPS) is 13.3. The maximum absolute atomic E-state index is 11.8. The molecule has 16 heavy (non-hydrogen) atoms. The third-order valence-electron chi connectivity index (χ3n) is 2.10. The molecule has 0 spiro atoms. The first kappa shape index (κ1) is 13.5. The summed E-state index contributed by atoms with van der Waals surface area (Å²) in [6.07, 6.45) is -1.82. The lowest BCUT2D eigenvalue weighted by molar-refractivity contribution is 0.0144. The van der Waals surface area contributed by atoms with E-state index >= 15 is 0 Å². The van der Waals surface area contributed by atoms with Gasteiger partial charge < -0.3 is 4.74 Å². The second-order valence-corrected chi connectivity index (χ2v) is 4.74. The highest BCUT2D eigenvalue weighted by Crippen LogP contribution is 2.24. The van der Waals surface area contributed by atoms with Crippen LogP contribution in [-0.4, -0.2) is 19.6 Å². The number of rotatable bonds is 7. The highest BCUT2D eigenvalue weighted by molar-refractivity contribution is 7.12. The van der Waals surface area contributed by atoms with Crippen molar-refractivity contribution in [3.05, 3.63) is 21.9 Å². The molecule has 3 N–H and O–H groups in total. The second-order valence-electron chi connectivity index (χ2n) is 3.42. The Labute approximate surface area is 97.6 Å². The Hall–Kier alpha value is -0.560. The predicted octanol–water partition coefficient (Wildman–Crippen LogP) is 2.23. The van der Waals surface area contributed by atoms with E-state index in [0.29, 0.717) is 6.42 Å². The van der Waals surface area contributed by atoms with E-state index in [1.165, 1.54) is 4.88 Å². The smallest absolute Gasteiger partial charge is 0.261 e. The maximum Gasteiger partial charge on any atom is 0.261 e. The average Bonchev–Trinajstić information content (AvgIpc) is 2.64. The topological polar surface area (TPSA) is 47.3 Å². The molecule has 0 aliphatic heterocycles. The van der Waals surface area contributed by atoms with Crippen LogP contribution < -0.4 is 11.3 Å². The number of halogens is 2. The van der Waals surface area contributed by atoms with Gasteiger partial charge in [-0.2, -0.15) is 0 Å². The Morgan fingerprint density at radius 2 is 2.25 bits per heavy atom. The minimum absolute atomic E-state index is 0.0311. The third-order valence-corrected chi connectivity index (χ3v) is 3.21. The van der Waals surface area contributed by atoms with Crippen molar-refractivity contribution >= 4 is 11.3 Å². The SMILES string of the molecule is Cc1ccc(C(CCOCC(F)F)NN)s1. The number of thiophene rings is 1. The molecule has 1 aromatic heterocycles. The molecule has 0 bridgehead atoms. The fourth-order valence-corrected chi connectivity index (χ4v) is 2.29. The fourth-order valence-electron chi connectivity index (χ4n) is 1.32. The van der Waals surface area contributed by atoms with Gasteiger partial charge in [0.15, 0.2) is 0 Å². The monoisotopic (exact) mass is 250 g/mol. The quantitative estimate of drug-likeness (QED) is 0.443. The zero-order valence-electron chi connectivity index (χ0n) is 9.08. The van der Waals surface area contributed by atoms with Gasteiger partial charge in [0.2, 0.25) is 0 Å². The molecule has 92 valence electrons. The van der Waals surface area contributed by atoms with Crippen LogP contribution in [0.4, 0.5) is 8.78 Å². The van der Waals surface area contributed by atoms with Crippen LogP contribution >= 0.6 is 11.3 Å². The lowest BCUT2D eigenvalue weighted by Gasteiger charge is -2.14. The molecule has 0 radical (unpaired) electrons. The Morgan fingerprint density at radius 3 is 2.75 bits per heavy atom. The molecule has 0 saturated heterocycles. The molecule has 6 heteroatoms. The minimum Gasteiger partial charge on any atom is -0.375 e. The first-order chi connectivity index (χ1) is 7.63. The number of hydrazine groups is 1. The molecule has 1 rings (SSSR count). The molecule has 0 aliphatic carbocycles. The Kier molecular flexibility index (Phi) is 5.83. The molecule has 1 atom stereocenters. The molecule has 0 amide bonds. The number of nitrogens with two attached hydrogens (primary N) is 1. The van der Waals surface area contributed by atoms with E-state index in [4.69, 9.17) is 10.6 Å². The van der Waals surface area contributed by atoms with Gasteiger partial charge in [0.05, 0.1) is 6.04 Å². The van der Waals surface area contributed by atoms with Crippen molar-refractivity contribution in [3.63, 3.8) is 0 Å². The number of hydrogen-bond donors (Lipinski definition) is 2.